The molecule has 9 heteroatoms. The molecule has 34 heavy (non-hydrogen) atoms. The topological polar surface area (TPSA) is 112 Å². The molecule has 0 aliphatic heterocycles. The first kappa shape index (κ1) is 31.3. The number of nitrogens with one attached hydrogen (secondary N) is 2. The van der Waals surface area contributed by atoms with Crippen molar-refractivity contribution < 1.29 is 33.3 Å². The van der Waals surface area contributed by atoms with Gasteiger partial charge in [0, 0.05) is 0 Å². The highest BCUT2D eigenvalue weighted by molar-refractivity contribution is 5.68. The molecule has 0 aliphatic rings. The molecule has 0 unspecified atom stereocenters. The molecule has 0 aromatic carbocycles. The third-order valence-electron chi connectivity index (χ3n) is 4.68. The van der Waals surface area contributed by atoms with E-state index in [1.54, 1.807) is 39.8 Å². The van der Waals surface area contributed by atoms with Crippen LogP contribution in [0, 0.1) is 0 Å². The molecule has 2 N–H and O–H groups in total. The highest BCUT2D eigenvalue weighted by Gasteiger charge is 2.31. The highest BCUT2D eigenvalue weighted by Crippen LogP contribution is 2.19. The predicted molar refractivity (Wildman–Crippen MR) is 132 cm³/mol. The summed E-state index contributed by atoms with van der Waals surface area (Å²) in [6, 6.07) is 0. The number of ether oxygens (including phenoxy) is 4. The van der Waals surface area contributed by atoms with Crippen LogP contribution in [0.1, 0.15) is 81.1 Å². The molecule has 0 aromatic rings. The largest absolute Gasteiger partial charge is 0.509 e. The van der Waals surface area contributed by atoms with Crippen LogP contribution >= 0.6 is 0 Å². The Balaban J connectivity index is 4.57. The number of carbonyl (C=O) groups excluding carboxylic acids is 3. The third kappa shape index (κ3) is 15.2. The maximum Gasteiger partial charge on any atom is 0.509 e. The van der Waals surface area contributed by atoms with Crippen molar-refractivity contribution in [2.75, 3.05) is 13.1 Å². The van der Waals surface area contributed by atoms with Gasteiger partial charge < -0.3 is 29.6 Å². The Bertz CT molecular complexity index is 654. The molecule has 0 spiro atoms. The van der Waals surface area contributed by atoms with E-state index in [4.69, 9.17) is 18.9 Å². The molecule has 0 aliphatic carbocycles. The van der Waals surface area contributed by atoms with Crippen LogP contribution in [0.5, 0.6) is 0 Å². The second-order valence-corrected chi connectivity index (χ2v) is 10.6. The van der Waals surface area contributed by atoms with Crippen LogP contribution in [-0.2, 0) is 18.9 Å². The maximum atomic E-state index is 12.3. The lowest BCUT2D eigenvalue weighted by Crippen LogP contribution is -2.47. The van der Waals surface area contributed by atoms with Crippen molar-refractivity contribution in [1.29, 1.82) is 0 Å². The fourth-order valence-corrected chi connectivity index (χ4v) is 2.69. The average Bonchev–Trinajstić information content (AvgIpc) is 2.66. The van der Waals surface area contributed by atoms with E-state index in [1.807, 2.05) is 27.7 Å². The zero-order valence-corrected chi connectivity index (χ0v) is 22.2. The number of hydrogen-bond acceptors (Lipinski definition) is 7. The smallest absolute Gasteiger partial charge is 0.444 e. The lowest BCUT2D eigenvalue weighted by molar-refractivity contribution is -0.0589. The fraction of sp³-hybridized carbons (Fsp3) is 0.720. The van der Waals surface area contributed by atoms with E-state index in [0.717, 1.165) is 12.8 Å². The van der Waals surface area contributed by atoms with Gasteiger partial charge in [0.25, 0.3) is 0 Å². The lowest BCUT2D eigenvalue weighted by Gasteiger charge is -2.31. The van der Waals surface area contributed by atoms with Crippen molar-refractivity contribution in [3.63, 3.8) is 0 Å². The van der Waals surface area contributed by atoms with Gasteiger partial charge in [-0.25, -0.2) is 14.4 Å². The molecule has 0 fully saturated rings. The molecule has 0 saturated carbocycles. The van der Waals surface area contributed by atoms with Crippen LogP contribution in [0.2, 0.25) is 0 Å². The van der Waals surface area contributed by atoms with Gasteiger partial charge in [-0.1, -0.05) is 12.2 Å². The quantitative estimate of drug-likeness (QED) is 0.186. The van der Waals surface area contributed by atoms with Gasteiger partial charge in [0.15, 0.2) is 0 Å². The van der Waals surface area contributed by atoms with Gasteiger partial charge in [-0.15, -0.1) is 13.2 Å². The molecule has 0 atom stereocenters. The monoisotopic (exact) mass is 484 g/mol. The Hall–Kier alpha value is -2.71. The number of alkyl carbamates (subject to hydrolysis) is 2. The second-order valence-electron chi connectivity index (χ2n) is 10.6. The standard InChI is InChI=1S/C25H44N2O7/c1-11-13-15-22(3,4)31-19(28)26-17-24(7,8)33-21(30)34-25(9,10)18-27-20(29)32-23(5,6)16-14-12-2/h11-12H,1-2,13-18H2,3-10H3,(H,26,28)(H,27,29). The minimum Gasteiger partial charge on any atom is -0.444 e. The van der Waals surface area contributed by atoms with Crippen molar-refractivity contribution in [3.8, 4) is 0 Å². The molecule has 0 saturated heterocycles. The van der Waals surface area contributed by atoms with Crippen LogP contribution in [0.25, 0.3) is 0 Å². The van der Waals surface area contributed by atoms with Crippen molar-refractivity contribution in [2.24, 2.45) is 0 Å². The molecule has 0 aromatic heterocycles. The Kier molecular flexibility index (Phi) is 12.2. The van der Waals surface area contributed by atoms with Crippen LogP contribution in [0.15, 0.2) is 25.3 Å². The minimum atomic E-state index is -1.06. The van der Waals surface area contributed by atoms with E-state index < -0.39 is 40.7 Å². The summed E-state index contributed by atoms with van der Waals surface area (Å²) in [6.45, 7) is 21.1. The van der Waals surface area contributed by atoms with Gasteiger partial charge in [-0.3, -0.25) is 0 Å². The number of hydrogen-bond donors (Lipinski definition) is 2. The summed E-state index contributed by atoms with van der Waals surface area (Å²) >= 11 is 0. The molecule has 9 nitrogen and oxygen atoms in total. The highest BCUT2D eigenvalue weighted by atomic mass is 16.7. The molecular weight excluding hydrogens is 440 g/mol. The summed E-state index contributed by atoms with van der Waals surface area (Å²) in [5.41, 5.74) is -3.42. The Morgan fingerprint density at radius 3 is 1.24 bits per heavy atom. The molecule has 196 valence electrons. The maximum absolute atomic E-state index is 12.3. The van der Waals surface area contributed by atoms with Gasteiger partial charge in [-0.2, -0.15) is 0 Å². The van der Waals surface area contributed by atoms with E-state index in [9.17, 15) is 14.4 Å². The first-order valence-electron chi connectivity index (χ1n) is 11.5. The molecule has 0 heterocycles. The van der Waals surface area contributed by atoms with E-state index >= 15 is 0 Å². The number of amides is 2. The molecule has 2 amide bonds. The number of rotatable bonds is 14. The number of carbonyl (C=O) groups is 3. The predicted octanol–water partition coefficient (Wildman–Crippen LogP) is 5.64. The van der Waals surface area contributed by atoms with E-state index in [1.165, 1.54) is 0 Å². The van der Waals surface area contributed by atoms with Crippen molar-refractivity contribution >= 4 is 18.3 Å². The summed E-state index contributed by atoms with van der Waals surface area (Å²) in [5, 5.41) is 5.20. The van der Waals surface area contributed by atoms with Crippen LogP contribution in [-0.4, -0.2) is 53.8 Å². The number of allylic oxidation sites excluding steroid dienone is 2. The van der Waals surface area contributed by atoms with Gasteiger partial charge >= 0.3 is 18.3 Å². The van der Waals surface area contributed by atoms with Crippen molar-refractivity contribution in [1.82, 2.24) is 10.6 Å². The van der Waals surface area contributed by atoms with Gasteiger partial charge in [0.2, 0.25) is 0 Å². The van der Waals surface area contributed by atoms with Gasteiger partial charge in [-0.05, 0) is 81.1 Å². The first-order chi connectivity index (χ1) is 15.4. The zero-order chi connectivity index (χ0) is 26.6. The Morgan fingerprint density at radius 1 is 0.618 bits per heavy atom. The van der Waals surface area contributed by atoms with Crippen LogP contribution < -0.4 is 10.6 Å². The van der Waals surface area contributed by atoms with E-state index in [0.29, 0.717) is 12.8 Å². The Morgan fingerprint density at radius 2 is 0.941 bits per heavy atom. The molecule has 0 bridgehead atoms. The lowest BCUT2D eigenvalue weighted by atomic mass is 10.0. The Labute approximate surface area is 204 Å². The van der Waals surface area contributed by atoms with Crippen LogP contribution in [0.3, 0.4) is 0 Å². The molecular formula is C25H44N2O7. The third-order valence-corrected chi connectivity index (χ3v) is 4.68. The van der Waals surface area contributed by atoms with E-state index in [-0.39, 0.29) is 13.1 Å². The van der Waals surface area contributed by atoms with E-state index in [2.05, 4.69) is 23.8 Å². The SMILES string of the molecule is C=CCCC(C)(C)OC(=O)NCC(C)(C)OC(=O)OC(C)(C)CNC(=O)OC(C)(C)CCC=C. The average molecular weight is 485 g/mol. The summed E-state index contributed by atoms with van der Waals surface area (Å²) < 4.78 is 21.5. The summed E-state index contributed by atoms with van der Waals surface area (Å²) in [6.07, 6.45) is 4.08. The second kappa shape index (κ2) is 13.2. The summed E-state index contributed by atoms with van der Waals surface area (Å²) in [5.74, 6) is 0. The zero-order valence-electron chi connectivity index (χ0n) is 22.2. The molecule has 0 radical (unpaired) electrons. The summed E-state index contributed by atoms with van der Waals surface area (Å²) in [7, 11) is 0. The summed E-state index contributed by atoms with van der Waals surface area (Å²) in [4.78, 5) is 36.5. The van der Waals surface area contributed by atoms with Crippen molar-refractivity contribution in [2.45, 2.75) is 103 Å². The molecule has 0 rings (SSSR count). The first-order valence-corrected chi connectivity index (χ1v) is 11.5. The van der Waals surface area contributed by atoms with Crippen molar-refractivity contribution in [3.05, 3.63) is 25.3 Å². The van der Waals surface area contributed by atoms with Gasteiger partial charge in [0.05, 0.1) is 13.1 Å². The van der Waals surface area contributed by atoms with Gasteiger partial charge in [0.1, 0.15) is 22.4 Å². The van der Waals surface area contributed by atoms with Crippen LogP contribution in [0.4, 0.5) is 14.4 Å². The fourth-order valence-electron chi connectivity index (χ4n) is 2.69. The normalized spacial score (nSPS) is 12.2. The minimum absolute atomic E-state index is 0.0171.